The Morgan fingerprint density at radius 1 is 1.11 bits per heavy atom. The van der Waals surface area contributed by atoms with E-state index in [1.165, 1.54) is 17.1 Å². The Balaban J connectivity index is 1.68. The van der Waals surface area contributed by atoms with Gasteiger partial charge >= 0.3 is 6.03 Å². The number of rotatable bonds is 2. The average Bonchev–Trinajstić information content (AvgIpc) is 3.14. The van der Waals surface area contributed by atoms with E-state index in [1.807, 2.05) is 25.2 Å². The lowest BCUT2D eigenvalue weighted by Gasteiger charge is -2.51. The molecule has 1 aromatic heterocycles. The molecule has 0 unspecified atom stereocenters. The van der Waals surface area contributed by atoms with Gasteiger partial charge in [-0.25, -0.2) is 9.78 Å². The molecule has 3 heterocycles. The van der Waals surface area contributed by atoms with Gasteiger partial charge < -0.3 is 14.4 Å². The molecule has 1 fully saturated rings. The average molecular weight is 367 g/mol. The van der Waals surface area contributed by atoms with Gasteiger partial charge in [0.05, 0.1) is 17.4 Å². The Morgan fingerprint density at radius 2 is 1.81 bits per heavy atom. The van der Waals surface area contributed by atoms with E-state index in [-0.39, 0.29) is 11.6 Å². The monoisotopic (exact) mass is 367 g/mol. The van der Waals surface area contributed by atoms with Gasteiger partial charge in [0, 0.05) is 40.3 Å². The van der Waals surface area contributed by atoms with E-state index in [2.05, 4.69) is 46.7 Å². The lowest BCUT2D eigenvalue weighted by molar-refractivity contribution is 0.000493. The summed E-state index contributed by atoms with van der Waals surface area (Å²) in [5, 5.41) is 0. The Labute approximate surface area is 161 Å². The zero-order chi connectivity index (χ0) is 19.0. The normalized spacial score (nSPS) is 19.1. The molecule has 27 heavy (non-hydrogen) atoms. The number of fused-ring (bicyclic) bond motifs is 2. The van der Waals surface area contributed by atoms with E-state index in [0.717, 1.165) is 45.6 Å². The lowest BCUT2D eigenvalue weighted by Crippen LogP contribution is -2.59. The van der Waals surface area contributed by atoms with Crippen molar-refractivity contribution < 1.29 is 4.79 Å². The van der Waals surface area contributed by atoms with Crippen molar-refractivity contribution in [3.05, 3.63) is 42.4 Å². The standard InChI is InChI=1S/C21H29N5O/c1-4-25-14-15-26-18(17-8-6-5-7-9-17)16-22-19(26)21(25)10-12-24(13-11-21)20(27)23(2)3/h5-9,16H,4,10-15H2,1-3H3. The van der Waals surface area contributed by atoms with E-state index in [0.29, 0.717) is 0 Å². The van der Waals surface area contributed by atoms with Crippen LogP contribution in [0.25, 0.3) is 11.3 Å². The smallest absolute Gasteiger partial charge is 0.319 e. The molecule has 1 spiro atoms. The van der Waals surface area contributed by atoms with Gasteiger partial charge in [-0.2, -0.15) is 0 Å². The number of aromatic nitrogens is 2. The van der Waals surface area contributed by atoms with Crippen molar-refractivity contribution >= 4 is 6.03 Å². The second-order valence-electron chi connectivity index (χ2n) is 7.76. The number of amides is 2. The molecule has 0 bridgehead atoms. The van der Waals surface area contributed by atoms with Gasteiger partial charge in [0.25, 0.3) is 0 Å². The predicted octanol–water partition coefficient (Wildman–Crippen LogP) is 2.86. The number of carbonyl (C=O) groups is 1. The summed E-state index contributed by atoms with van der Waals surface area (Å²) in [6.07, 6.45) is 3.90. The number of urea groups is 1. The van der Waals surface area contributed by atoms with Crippen LogP contribution in [-0.4, -0.2) is 70.6 Å². The summed E-state index contributed by atoms with van der Waals surface area (Å²) < 4.78 is 2.41. The number of hydrogen-bond acceptors (Lipinski definition) is 3. The van der Waals surface area contributed by atoms with Gasteiger partial charge in [-0.3, -0.25) is 4.90 Å². The van der Waals surface area contributed by atoms with Crippen LogP contribution in [0.15, 0.2) is 36.5 Å². The summed E-state index contributed by atoms with van der Waals surface area (Å²) in [6, 6.07) is 10.6. The molecule has 1 aromatic carbocycles. The second-order valence-corrected chi connectivity index (χ2v) is 7.76. The Kier molecular flexibility index (Phi) is 4.68. The Bertz CT molecular complexity index is 805. The third-order valence-electron chi connectivity index (χ3n) is 6.17. The molecular weight excluding hydrogens is 338 g/mol. The van der Waals surface area contributed by atoms with Crippen molar-refractivity contribution in [3.63, 3.8) is 0 Å². The summed E-state index contributed by atoms with van der Waals surface area (Å²) in [4.78, 5) is 23.5. The summed E-state index contributed by atoms with van der Waals surface area (Å²) in [7, 11) is 3.65. The maximum atomic E-state index is 12.4. The Morgan fingerprint density at radius 3 is 2.44 bits per heavy atom. The molecule has 0 saturated carbocycles. The van der Waals surface area contributed by atoms with Crippen LogP contribution in [0, 0.1) is 0 Å². The van der Waals surface area contributed by atoms with Gasteiger partial charge in [0.1, 0.15) is 5.82 Å². The highest BCUT2D eigenvalue weighted by atomic mass is 16.2. The molecule has 0 aliphatic carbocycles. The van der Waals surface area contributed by atoms with Crippen LogP contribution in [0.5, 0.6) is 0 Å². The molecule has 2 amide bonds. The van der Waals surface area contributed by atoms with Crippen molar-refractivity contribution in [1.82, 2.24) is 24.3 Å². The van der Waals surface area contributed by atoms with Crippen molar-refractivity contribution in [2.24, 2.45) is 0 Å². The van der Waals surface area contributed by atoms with Crippen LogP contribution in [-0.2, 0) is 12.1 Å². The van der Waals surface area contributed by atoms with Crippen LogP contribution in [0.1, 0.15) is 25.6 Å². The van der Waals surface area contributed by atoms with Gasteiger partial charge in [0.15, 0.2) is 0 Å². The molecule has 4 rings (SSSR count). The SMILES string of the molecule is CCN1CCn2c(-c3ccccc3)cnc2C12CCN(C(=O)N(C)C)CC2. The Hall–Kier alpha value is -2.34. The van der Waals surface area contributed by atoms with Crippen molar-refractivity contribution in [2.75, 3.05) is 40.3 Å². The van der Waals surface area contributed by atoms with Crippen LogP contribution >= 0.6 is 0 Å². The van der Waals surface area contributed by atoms with Crippen LogP contribution in [0.2, 0.25) is 0 Å². The third kappa shape index (κ3) is 2.92. The summed E-state index contributed by atoms with van der Waals surface area (Å²) in [5.41, 5.74) is 2.35. The topological polar surface area (TPSA) is 44.6 Å². The summed E-state index contributed by atoms with van der Waals surface area (Å²) >= 11 is 0. The first-order valence-electron chi connectivity index (χ1n) is 9.89. The molecule has 6 heteroatoms. The summed E-state index contributed by atoms with van der Waals surface area (Å²) in [6.45, 7) is 6.80. The number of piperidine rings is 1. The molecule has 1 saturated heterocycles. The minimum absolute atomic E-state index is 0.0663. The predicted molar refractivity (Wildman–Crippen MR) is 106 cm³/mol. The minimum Gasteiger partial charge on any atom is -0.331 e. The molecule has 2 aromatic rings. The molecule has 0 N–H and O–H groups in total. The van der Waals surface area contributed by atoms with Crippen molar-refractivity contribution in [3.8, 4) is 11.3 Å². The highest BCUT2D eigenvalue weighted by molar-refractivity contribution is 5.74. The molecule has 2 aliphatic rings. The summed E-state index contributed by atoms with van der Waals surface area (Å²) in [5.74, 6) is 1.17. The third-order valence-corrected chi connectivity index (χ3v) is 6.17. The fourth-order valence-electron chi connectivity index (χ4n) is 4.74. The minimum atomic E-state index is -0.0663. The maximum Gasteiger partial charge on any atom is 0.319 e. The number of benzene rings is 1. The molecule has 0 atom stereocenters. The largest absolute Gasteiger partial charge is 0.331 e. The number of hydrogen-bond donors (Lipinski definition) is 0. The highest BCUT2D eigenvalue weighted by Gasteiger charge is 2.47. The highest BCUT2D eigenvalue weighted by Crippen LogP contribution is 2.42. The zero-order valence-corrected chi connectivity index (χ0v) is 16.6. The van der Waals surface area contributed by atoms with Crippen molar-refractivity contribution in [2.45, 2.75) is 31.8 Å². The number of likely N-dealkylation sites (tertiary alicyclic amines) is 1. The number of carbonyl (C=O) groups excluding carboxylic acids is 1. The van der Waals surface area contributed by atoms with E-state index >= 15 is 0 Å². The fourth-order valence-corrected chi connectivity index (χ4v) is 4.74. The van der Waals surface area contributed by atoms with Crippen LogP contribution < -0.4 is 0 Å². The van der Waals surface area contributed by atoms with E-state index in [9.17, 15) is 4.79 Å². The van der Waals surface area contributed by atoms with E-state index < -0.39 is 0 Å². The van der Waals surface area contributed by atoms with Crippen LogP contribution in [0.3, 0.4) is 0 Å². The molecule has 0 radical (unpaired) electrons. The lowest BCUT2D eigenvalue weighted by atomic mass is 9.83. The second kappa shape index (κ2) is 7.00. The first-order valence-corrected chi connectivity index (χ1v) is 9.89. The molecule has 2 aliphatic heterocycles. The number of likely N-dealkylation sites (N-methyl/N-ethyl adjacent to an activating group) is 1. The van der Waals surface area contributed by atoms with Crippen molar-refractivity contribution in [1.29, 1.82) is 0 Å². The van der Waals surface area contributed by atoms with E-state index in [1.54, 1.807) is 4.90 Å². The number of nitrogens with zero attached hydrogens (tertiary/aromatic N) is 5. The van der Waals surface area contributed by atoms with Gasteiger partial charge in [0.2, 0.25) is 0 Å². The van der Waals surface area contributed by atoms with Gasteiger partial charge in [-0.15, -0.1) is 0 Å². The quantitative estimate of drug-likeness (QED) is 0.820. The zero-order valence-electron chi connectivity index (χ0n) is 16.6. The number of imidazole rings is 1. The van der Waals surface area contributed by atoms with Gasteiger partial charge in [-0.1, -0.05) is 37.3 Å². The molecule has 144 valence electrons. The molecular formula is C21H29N5O. The maximum absolute atomic E-state index is 12.4. The van der Waals surface area contributed by atoms with Crippen LogP contribution in [0.4, 0.5) is 4.79 Å². The first-order chi connectivity index (χ1) is 13.1. The van der Waals surface area contributed by atoms with Gasteiger partial charge in [-0.05, 0) is 24.9 Å². The fraction of sp³-hybridized carbons (Fsp3) is 0.524. The molecule has 6 nitrogen and oxygen atoms in total. The van der Waals surface area contributed by atoms with E-state index in [4.69, 9.17) is 4.98 Å². The first kappa shape index (κ1) is 18.0.